The predicted molar refractivity (Wildman–Crippen MR) is 63.6 cm³/mol. The molecule has 1 N–H and O–H groups in total. The molecular weight excluding hydrogens is 343 g/mol. The Bertz CT molecular complexity index is 279. The van der Waals surface area contributed by atoms with Crippen molar-refractivity contribution in [2.45, 2.75) is 17.3 Å². The Hall–Kier alpha value is 0.410. The van der Waals surface area contributed by atoms with Crippen molar-refractivity contribution in [2.75, 3.05) is 7.11 Å². The second-order valence-electron chi connectivity index (χ2n) is 2.88. The molecule has 15 heavy (non-hydrogen) atoms. The van der Waals surface area contributed by atoms with Crippen molar-refractivity contribution in [1.82, 2.24) is 0 Å². The molecule has 0 aliphatic heterocycles. The van der Waals surface area contributed by atoms with E-state index in [2.05, 4.69) is 19.1 Å². The first-order valence-electron chi connectivity index (χ1n) is 4.45. The molecule has 1 rings (SSSR count). The molecule has 0 aromatic heterocycles. The molecule has 0 aliphatic rings. The van der Waals surface area contributed by atoms with Crippen LogP contribution in [0.3, 0.4) is 0 Å². The van der Waals surface area contributed by atoms with Gasteiger partial charge in [-0.2, -0.15) is 0 Å². The zero-order valence-electron chi connectivity index (χ0n) is 8.64. The summed E-state index contributed by atoms with van der Waals surface area (Å²) in [7, 11) is 3.34. The van der Waals surface area contributed by atoms with E-state index in [4.69, 9.17) is 8.17 Å². The fourth-order valence-electron chi connectivity index (χ4n) is 1.02. The summed E-state index contributed by atoms with van der Waals surface area (Å²) >= 11 is 1.21. The molecule has 5 heteroatoms. The zero-order valence-corrected chi connectivity index (χ0v) is 12.4. The molecule has 1 aromatic carbocycles. The van der Waals surface area contributed by atoms with Crippen molar-refractivity contribution in [1.29, 1.82) is 0 Å². The van der Waals surface area contributed by atoms with Crippen LogP contribution in [0.25, 0.3) is 0 Å². The third-order valence-corrected chi connectivity index (χ3v) is 7.81. The van der Waals surface area contributed by atoms with Crippen LogP contribution in [0, 0.1) is 0 Å². The number of halogens is 1. The molecule has 86 valence electrons. The maximum absolute atomic E-state index is 8.85. The average molecular weight is 357 g/mol. The van der Waals surface area contributed by atoms with Gasteiger partial charge in [0.2, 0.25) is 0 Å². The van der Waals surface area contributed by atoms with Gasteiger partial charge in [-0.05, 0) is 0 Å². The van der Waals surface area contributed by atoms with Gasteiger partial charge in [-0.25, -0.2) is 0 Å². The molecule has 0 radical (unpaired) electrons. The van der Waals surface area contributed by atoms with Gasteiger partial charge in [-0.3, -0.25) is 0 Å². The quantitative estimate of drug-likeness (QED) is 0.570. The van der Waals surface area contributed by atoms with Crippen molar-refractivity contribution in [3.63, 3.8) is 0 Å². The van der Waals surface area contributed by atoms with Gasteiger partial charge >= 0.3 is 109 Å². The number of benzene rings is 1. The number of ether oxygens (including phenoxy) is 1. The molecule has 1 aromatic rings. The predicted octanol–water partition coefficient (Wildman–Crippen LogP) is -0.0811. The minimum absolute atomic E-state index is 0.477. The molecule has 0 heterocycles. The molecule has 0 fully saturated rings. The summed E-state index contributed by atoms with van der Waals surface area (Å²) in [5.41, 5.74) is 1.30. The van der Waals surface area contributed by atoms with E-state index in [0.29, 0.717) is 4.58 Å². The van der Waals surface area contributed by atoms with E-state index in [1.165, 1.54) is 5.56 Å². The third-order valence-electron chi connectivity index (χ3n) is 1.81. The van der Waals surface area contributed by atoms with Crippen LogP contribution in [-0.4, -0.2) is 15.1 Å². The normalized spacial score (nSPS) is 12.7. The summed E-state index contributed by atoms with van der Waals surface area (Å²) in [6.45, 7) is 2.13. The summed E-state index contributed by atoms with van der Waals surface area (Å²) in [4.78, 5) is 0. The maximum atomic E-state index is 8.85. The van der Waals surface area contributed by atoms with Crippen LogP contribution in [0.5, 0.6) is 5.75 Å². The Balaban J connectivity index is 2.37. The molecule has 2 nitrogen and oxygen atoms in total. The first-order valence-corrected chi connectivity index (χ1v) is 9.88. The zero-order chi connectivity index (χ0) is 11.1. The molecule has 0 aliphatic carbocycles. The van der Waals surface area contributed by atoms with Gasteiger partial charge in [-0.1, -0.05) is 0 Å². The molecule has 1 atom stereocenters. The first-order chi connectivity index (χ1) is 7.26. The van der Waals surface area contributed by atoms with E-state index in [9.17, 15) is 0 Å². The average Bonchev–Trinajstić information content (AvgIpc) is 2.27. The molecule has 0 spiro atoms. The summed E-state index contributed by atoms with van der Waals surface area (Å²) in [5, 5.41) is 0. The molecule has 0 bridgehead atoms. The van der Waals surface area contributed by atoms with E-state index in [0.717, 1.165) is 11.5 Å². The molecule has 0 saturated heterocycles. The van der Waals surface area contributed by atoms with Gasteiger partial charge < -0.3 is 0 Å². The van der Waals surface area contributed by atoms with Crippen molar-refractivity contribution < 1.29 is 28.4 Å². The number of hydrogen-bond acceptors (Lipinski definition) is 4. The van der Waals surface area contributed by atoms with Gasteiger partial charge in [0.15, 0.2) is 0 Å². The Kier molecular flexibility index (Phi) is 6.87. The van der Waals surface area contributed by atoms with Crippen LogP contribution in [0.1, 0.15) is 12.5 Å². The van der Waals surface area contributed by atoms with Crippen molar-refractivity contribution in [2.24, 2.45) is 0 Å². The Morgan fingerprint density at radius 3 is 2.60 bits per heavy atom. The van der Waals surface area contributed by atoms with Crippen LogP contribution in [-0.2, 0) is 5.75 Å². The number of hydrogen-bond donors (Lipinski definition) is 1. The molecule has 0 saturated carbocycles. The third kappa shape index (κ3) is 5.33. The van der Waals surface area contributed by atoms with Gasteiger partial charge in [0.25, 0.3) is 0 Å². The van der Waals surface area contributed by atoms with E-state index in [1.807, 2.05) is 23.9 Å². The van der Waals surface area contributed by atoms with Gasteiger partial charge in [-0.15, -0.1) is 0 Å². The fraction of sp³-hybridized carbons (Fsp3) is 0.400. The summed E-state index contributed by atoms with van der Waals surface area (Å²) in [6, 6.07) is 8.12. The van der Waals surface area contributed by atoms with E-state index in [-0.39, 0.29) is 0 Å². The van der Waals surface area contributed by atoms with Crippen LogP contribution < -0.4 is 25.0 Å². The fourth-order valence-corrected chi connectivity index (χ4v) is 5.10. The van der Waals surface area contributed by atoms with Crippen molar-refractivity contribution >= 4 is 20.7 Å². The van der Waals surface area contributed by atoms with E-state index < -0.39 is 20.2 Å². The molecular formula is C10H14IO2S2-. The molecule has 0 amide bonds. The Morgan fingerprint density at radius 1 is 1.40 bits per heavy atom. The van der Waals surface area contributed by atoms with E-state index >= 15 is 0 Å². The van der Waals surface area contributed by atoms with Crippen molar-refractivity contribution in [3.05, 3.63) is 29.8 Å². The second kappa shape index (κ2) is 7.65. The van der Waals surface area contributed by atoms with Gasteiger partial charge in [0, 0.05) is 0 Å². The monoisotopic (exact) mass is 357 g/mol. The van der Waals surface area contributed by atoms with Gasteiger partial charge in [0.1, 0.15) is 0 Å². The number of thioether (sulfide) groups is 1. The van der Waals surface area contributed by atoms with Crippen LogP contribution in [0.15, 0.2) is 24.3 Å². The number of rotatable bonds is 6. The Labute approximate surface area is 108 Å². The van der Waals surface area contributed by atoms with Crippen LogP contribution in [0.4, 0.5) is 0 Å². The van der Waals surface area contributed by atoms with Crippen molar-refractivity contribution in [3.8, 4) is 5.75 Å². The molecule has 1 unspecified atom stereocenters. The van der Waals surface area contributed by atoms with Gasteiger partial charge in [0.05, 0.1) is 0 Å². The first kappa shape index (κ1) is 13.5. The summed E-state index contributed by atoms with van der Waals surface area (Å²) < 4.78 is 14.4. The van der Waals surface area contributed by atoms with E-state index in [1.54, 1.807) is 16.0 Å². The second-order valence-corrected chi connectivity index (χ2v) is 8.24. The summed E-state index contributed by atoms with van der Waals surface area (Å²) in [5.74, 6) is 1.88. The number of methoxy groups -OCH3 is 1. The summed E-state index contributed by atoms with van der Waals surface area (Å²) in [6.07, 6.45) is 0. The standard InChI is InChI=1S/C10H14IO2S2/c1-8(15-11-12)14-7-9-3-5-10(13-2)6-4-9/h3-6,8,12H,7H2,1-2H3/q-1. The Morgan fingerprint density at radius 2 is 2.07 bits per heavy atom. The minimum atomic E-state index is -0.648. The topological polar surface area (TPSA) is 29.5 Å². The van der Waals surface area contributed by atoms with Crippen LogP contribution >= 0.6 is 20.7 Å². The SMILES string of the molecule is COc1ccc(CSC(C)S[I-]O)cc1. The van der Waals surface area contributed by atoms with Crippen LogP contribution in [0.2, 0.25) is 0 Å².